The van der Waals surface area contributed by atoms with Crippen molar-refractivity contribution in [2.24, 2.45) is 0 Å². The molecule has 0 fully saturated rings. The van der Waals surface area contributed by atoms with E-state index >= 15 is 0 Å². The summed E-state index contributed by atoms with van der Waals surface area (Å²) in [6.45, 7) is 2.66. The van der Waals surface area contributed by atoms with Gasteiger partial charge in [-0.15, -0.1) is 11.3 Å². The lowest BCUT2D eigenvalue weighted by Crippen LogP contribution is -2.34. The number of carbonyl (C=O) groups excluding carboxylic acids is 1. The molecule has 138 valence electrons. The first-order valence-electron chi connectivity index (χ1n) is 8.63. The number of amides is 2. The lowest BCUT2D eigenvalue weighted by molar-refractivity contribution is -0.111. The number of carbonyl (C=O) groups is 2. The van der Waals surface area contributed by atoms with Crippen molar-refractivity contribution >= 4 is 34.4 Å². The molecule has 0 radical (unpaired) electrons. The molecule has 0 saturated heterocycles. The average Bonchev–Trinajstić information content (AvgIpc) is 3.02. The predicted molar refractivity (Wildman–Crippen MR) is 105 cm³/mol. The molecular formula is C20H19N3O3S. The first-order valence-corrected chi connectivity index (χ1v) is 9.44. The number of aryl methyl sites for hydroxylation is 1. The van der Waals surface area contributed by atoms with Crippen molar-refractivity contribution in [3.05, 3.63) is 57.5 Å². The molecule has 7 heteroatoms. The molecule has 2 N–H and O–H groups in total. The van der Waals surface area contributed by atoms with Gasteiger partial charge in [-0.05, 0) is 35.6 Å². The third-order valence-electron chi connectivity index (χ3n) is 4.53. The molecule has 0 saturated carbocycles. The molecule has 1 aliphatic heterocycles. The van der Waals surface area contributed by atoms with Gasteiger partial charge in [0.05, 0.1) is 12.1 Å². The maximum Gasteiger partial charge on any atom is 0.407 e. The van der Waals surface area contributed by atoms with Gasteiger partial charge < -0.3 is 15.3 Å². The zero-order valence-corrected chi connectivity index (χ0v) is 15.7. The molecule has 0 bridgehead atoms. The van der Waals surface area contributed by atoms with Crippen molar-refractivity contribution in [1.82, 2.24) is 4.90 Å². The monoisotopic (exact) mass is 381 g/mol. The van der Waals surface area contributed by atoms with Crippen LogP contribution in [0.3, 0.4) is 0 Å². The molecule has 0 spiro atoms. The SMILES string of the molecule is CCc1ccccc1C=CC(=O)Nc1sc2c(c1C#N)CCN(C(=O)O)C2. The largest absolute Gasteiger partial charge is 0.465 e. The van der Waals surface area contributed by atoms with E-state index in [9.17, 15) is 14.9 Å². The number of fused-ring (bicyclic) bond motifs is 1. The summed E-state index contributed by atoms with van der Waals surface area (Å²) in [7, 11) is 0. The number of nitrogens with zero attached hydrogens (tertiary/aromatic N) is 2. The van der Waals surface area contributed by atoms with E-state index in [0.29, 0.717) is 23.5 Å². The second-order valence-corrected chi connectivity index (χ2v) is 7.25. The van der Waals surface area contributed by atoms with Crippen LogP contribution >= 0.6 is 11.3 Å². The van der Waals surface area contributed by atoms with E-state index in [2.05, 4.69) is 18.3 Å². The number of nitrogens with one attached hydrogen (secondary N) is 1. The number of anilines is 1. The fraction of sp³-hybridized carbons (Fsp3) is 0.250. The smallest absolute Gasteiger partial charge is 0.407 e. The van der Waals surface area contributed by atoms with Crippen molar-refractivity contribution in [2.75, 3.05) is 11.9 Å². The Kier molecular flexibility index (Phi) is 5.57. The standard InChI is InChI=1S/C20H19N3O3S/c1-2-13-5-3-4-6-14(13)7-8-18(24)22-19-16(11-21)15-9-10-23(20(25)26)12-17(15)27-19/h3-8H,2,9-10,12H2,1H3,(H,22,24)(H,25,26). The van der Waals surface area contributed by atoms with Gasteiger partial charge in [-0.2, -0.15) is 5.26 Å². The van der Waals surface area contributed by atoms with Crippen molar-refractivity contribution in [2.45, 2.75) is 26.3 Å². The van der Waals surface area contributed by atoms with Crippen molar-refractivity contribution in [3.63, 3.8) is 0 Å². The normalized spacial score (nSPS) is 13.3. The molecule has 1 aromatic carbocycles. The van der Waals surface area contributed by atoms with Crippen LogP contribution in [0.25, 0.3) is 6.08 Å². The first kappa shape index (κ1) is 18.7. The van der Waals surface area contributed by atoms with E-state index in [0.717, 1.165) is 28.0 Å². The Morgan fingerprint density at radius 3 is 2.89 bits per heavy atom. The Morgan fingerprint density at radius 1 is 1.41 bits per heavy atom. The predicted octanol–water partition coefficient (Wildman–Crippen LogP) is 3.87. The second-order valence-electron chi connectivity index (χ2n) is 6.15. The van der Waals surface area contributed by atoms with Gasteiger partial charge in [0.25, 0.3) is 0 Å². The quantitative estimate of drug-likeness (QED) is 0.786. The maximum atomic E-state index is 12.3. The summed E-state index contributed by atoms with van der Waals surface area (Å²) in [5.41, 5.74) is 3.42. The molecule has 0 unspecified atom stereocenters. The Bertz CT molecular complexity index is 956. The van der Waals surface area contributed by atoms with Crippen LogP contribution in [0.5, 0.6) is 0 Å². The summed E-state index contributed by atoms with van der Waals surface area (Å²) in [6.07, 6.45) is 3.60. The van der Waals surface area contributed by atoms with Crippen LogP contribution in [0.1, 0.15) is 34.1 Å². The van der Waals surface area contributed by atoms with E-state index in [1.807, 2.05) is 24.3 Å². The van der Waals surface area contributed by atoms with Crippen LogP contribution in [0.15, 0.2) is 30.3 Å². The number of carboxylic acid groups (broad SMARTS) is 1. The lowest BCUT2D eigenvalue weighted by atomic mass is 10.0. The average molecular weight is 381 g/mol. The molecule has 2 heterocycles. The number of benzene rings is 1. The lowest BCUT2D eigenvalue weighted by Gasteiger charge is -2.23. The summed E-state index contributed by atoms with van der Waals surface area (Å²) in [4.78, 5) is 25.6. The number of hydrogen-bond acceptors (Lipinski definition) is 4. The van der Waals surface area contributed by atoms with Gasteiger partial charge >= 0.3 is 6.09 Å². The van der Waals surface area contributed by atoms with Gasteiger partial charge in [-0.1, -0.05) is 31.2 Å². The molecule has 3 rings (SSSR count). The Labute approximate surface area is 161 Å². The summed E-state index contributed by atoms with van der Waals surface area (Å²) >= 11 is 1.27. The highest BCUT2D eigenvalue weighted by Gasteiger charge is 2.27. The summed E-state index contributed by atoms with van der Waals surface area (Å²) in [5.74, 6) is -0.314. The number of rotatable bonds is 4. The Balaban J connectivity index is 1.78. The molecular weight excluding hydrogens is 362 g/mol. The number of thiophene rings is 1. The molecule has 2 aromatic rings. The highest BCUT2D eigenvalue weighted by molar-refractivity contribution is 7.16. The van der Waals surface area contributed by atoms with Gasteiger partial charge in [-0.25, -0.2) is 4.79 Å². The van der Waals surface area contributed by atoms with Crippen LogP contribution in [0.4, 0.5) is 9.80 Å². The highest BCUT2D eigenvalue weighted by atomic mass is 32.1. The minimum Gasteiger partial charge on any atom is -0.465 e. The second kappa shape index (κ2) is 8.06. The molecule has 27 heavy (non-hydrogen) atoms. The molecule has 1 aliphatic rings. The van der Waals surface area contributed by atoms with Gasteiger partial charge in [0.1, 0.15) is 11.1 Å². The third-order valence-corrected chi connectivity index (χ3v) is 5.66. The van der Waals surface area contributed by atoms with Crippen LogP contribution in [0, 0.1) is 11.3 Å². The van der Waals surface area contributed by atoms with E-state index in [4.69, 9.17) is 5.11 Å². The van der Waals surface area contributed by atoms with E-state index in [-0.39, 0.29) is 12.5 Å². The van der Waals surface area contributed by atoms with Crippen LogP contribution in [-0.4, -0.2) is 28.6 Å². The van der Waals surface area contributed by atoms with E-state index in [1.54, 1.807) is 6.08 Å². The molecule has 1 aromatic heterocycles. The van der Waals surface area contributed by atoms with E-state index < -0.39 is 6.09 Å². The van der Waals surface area contributed by atoms with Crippen LogP contribution < -0.4 is 5.32 Å². The Hall–Kier alpha value is -3.11. The zero-order valence-electron chi connectivity index (χ0n) is 14.9. The van der Waals surface area contributed by atoms with E-state index in [1.165, 1.54) is 22.3 Å². The van der Waals surface area contributed by atoms with Crippen molar-refractivity contribution in [1.29, 1.82) is 5.26 Å². The summed E-state index contributed by atoms with van der Waals surface area (Å²) < 4.78 is 0. The summed E-state index contributed by atoms with van der Waals surface area (Å²) in [5, 5.41) is 21.9. The summed E-state index contributed by atoms with van der Waals surface area (Å²) in [6, 6.07) is 10.0. The Morgan fingerprint density at radius 2 is 2.19 bits per heavy atom. The third kappa shape index (κ3) is 4.01. The minimum atomic E-state index is -0.976. The highest BCUT2D eigenvalue weighted by Crippen LogP contribution is 2.36. The minimum absolute atomic E-state index is 0.250. The van der Waals surface area contributed by atoms with Gasteiger partial charge in [0.2, 0.25) is 5.91 Å². The van der Waals surface area contributed by atoms with Gasteiger partial charge in [0.15, 0.2) is 0 Å². The first-order chi connectivity index (χ1) is 13.0. The van der Waals surface area contributed by atoms with Crippen LogP contribution in [0.2, 0.25) is 0 Å². The fourth-order valence-corrected chi connectivity index (χ4v) is 4.33. The van der Waals surface area contributed by atoms with Gasteiger partial charge in [-0.3, -0.25) is 4.79 Å². The van der Waals surface area contributed by atoms with Gasteiger partial charge in [0, 0.05) is 17.5 Å². The zero-order chi connectivity index (χ0) is 19.4. The molecule has 2 amide bonds. The molecule has 0 aliphatic carbocycles. The van der Waals surface area contributed by atoms with Crippen molar-refractivity contribution < 1.29 is 14.7 Å². The van der Waals surface area contributed by atoms with Crippen LogP contribution in [-0.2, 0) is 24.2 Å². The molecule has 6 nitrogen and oxygen atoms in total. The maximum absolute atomic E-state index is 12.3. The molecule has 0 atom stereocenters. The fourth-order valence-electron chi connectivity index (χ4n) is 3.11. The number of nitriles is 1. The number of hydrogen-bond donors (Lipinski definition) is 2. The topological polar surface area (TPSA) is 93.4 Å². The van der Waals surface area contributed by atoms with Crippen molar-refractivity contribution in [3.8, 4) is 6.07 Å².